The fourth-order valence-electron chi connectivity index (χ4n) is 1.28. The number of carbonyl (C=O) groups is 1. The minimum atomic E-state index is 0.102. The van der Waals surface area contributed by atoms with E-state index in [1.54, 1.807) is 0 Å². The molecule has 0 unspecified atom stereocenters. The zero-order chi connectivity index (χ0) is 12.4. The summed E-state index contributed by atoms with van der Waals surface area (Å²) in [6.45, 7) is 7.50. The molecule has 2 N–H and O–H groups in total. The van der Waals surface area contributed by atoms with Gasteiger partial charge >= 0.3 is 0 Å². The first-order valence-electron chi connectivity index (χ1n) is 6.14. The number of amides is 1. The zero-order valence-electron chi connectivity index (χ0n) is 11.2. The molecule has 0 aromatic carbocycles. The number of hydrogen-bond acceptors (Lipinski definition) is 3. The molecule has 0 spiro atoms. The van der Waals surface area contributed by atoms with Gasteiger partial charge in [-0.25, -0.2) is 0 Å². The van der Waals surface area contributed by atoms with Crippen LogP contribution in [-0.2, 0) is 4.79 Å². The fraction of sp³-hybridized carbons (Fsp3) is 0.917. The molecule has 0 radical (unpaired) electrons. The van der Waals surface area contributed by atoms with E-state index in [-0.39, 0.29) is 5.91 Å². The van der Waals surface area contributed by atoms with Crippen LogP contribution >= 0.6 is 0 Å². The summed E-state index contributed by atoms with van der Waals surface area (Å²) in [5, 5.41) is 6.04. The van der Waals surface area contributed by atoms with Gasteiger partial charge in [0.15, 0.2) is 0 Å². The Bertz CT molecular complexity index is 181. The Hall–Kier alpha value is -0.610. The van der Waals surface area contributed by atoms with E-state index in [4.69, 9.17) is 0 Å². The first-order chi connectivity index (χ1) is 7.52. The number of hydrogen-bond donors (Lipinski definition) is 2. The lowest BCUT2D eigenvalue weighted by molar-refractivity contribution is -0.120. The molecule has 0 fully saturated rings. The van der Waals surface area contributed by atoms with Crippen LogP contribution in [0.1, 0.15) is 26.7 Å². The molecule has 0 saturated carbocycles. The largest absolute Gasteiger partial charge is 0.355 e. The second kappa shape index (κ2) is 9.60. The Morgan fingerprint density at radius 1 is 1.25 bits per heavy atom. The third-order valence-electron chi connectivity index (χ3n) is 2.29. The van der Waals surface area contributed by atoms with Gasteiger partial charge in [0.2, 0.25) is 5.91 Å². The van der Waals surface area contributed by atoms with Gasteiger partial charge in [0, 0.05) is 6.54 Å². The highest BCUT2D eigenvalue weighted by molar-refractivity contribution is 5.77. The molecule has 96 valence electrons. The first kappa shape index (κ1) is 15.4. The van der Waals surface area contributed by atoms with E-state index < -0.39 is 0 Å². The van der Waals surface area contributed by atoms with Crippen LogP contribution in [0.4, 0.5) is 0 Å². The summed E-state index contributed by atoms with van der Waals surface area (Å²) >= 11 is 0. The number of nitrogens with zero attached hydrogens (tertiary/aromatic N) is 1. The topological polar surface area (TPSA) is 44.4 Å². The van der Waals surface area contributed by atoms with E-state index in [1.807, 2.05) is 0 Å². The van der Waals surface area contributed by atoms with Gasteiger partial charge in [-0.2, -0.15) is 0 Å². The summed E-state index contributed by atoms with van der Waals surface area (Å²) in [7, 11) is 4.11. The van der Waals surface area contributed by atoms with Crippen LogP contribution in [0, 0.1) is 5.92 Å². The second-order valence-corrected chi connectivity index (χ2v) is 4.87. The predicted molar refractivity (Wildman–Crippen MR) is 68.5 cm³/mol. The van der Waals surface area contributed by atoms with Crippen LogP contribution < -0.4 is 10.6 Å². The van der Waals surface area contributed by atoms with Crippen LogP contribution in [0.5, 0.6) is 0 Å². The maximum absolute atomic E-state index is 11.3. The van der Waals surface area contributed by atoms with Gasteiger partial charge in [0.25, 0.3) is 0 Å². The minimum absolute atomic E-state index is 0.102. The Kier molecular flexibility index (Phi) is 9.24. The molecule has 4 nitrogen and oxygen atoms in total. The summed E-state index contributed by atoms with van der Waals surface area (Å²) in [5.74, 6) is 0.749. The Morgan fingerprint density at radius 3 is 2.50 bits per heavy atom. The summed E-state index contributed by atoms with van der Waals surface area (Å²) in [6.07, 6.45) is 2.12. The van der Waals surface area contributed by atoms with Crippen LogP contribution in [0.3, 0.4) is 0 Å². The quantitative estimate of drug-likeness (QED) is 0.572. The van der Waals surface area contributed by atoms with Gasteiger partial charge in [-0.05, 0) is 45.9 Å². The average molecular weight is 229 g/mol. The maximum atomic E-state index is 11.3. The molecule has 4 heteroatoms. The van der Waals surface area contributed by atoms with Crippen molar-refractivity contribution in [3.05, 3.63) is 0 Å². The monoisotopic (exact) mass is 229 g/mol. The molecule has 0 heterocycles. The van der Waals surface area contributed by atoms with E-state index >= 15 is 0 Å². The van der Waals surface area contributed by atoms with Crippen molar-refractivity contribution in [1.29, 1.82) is 0 Å². The lowest BCUT2D eigenvalue weighted by Gasteiger charge is -2.10. The number of nitrogens with one attached hydrogen (secondary N) is 2. The smallest absolute Gasteiger partial charge is 0.233 e. The molecule has 0 aliphatic rings. The highest BCUT2D eigenvalue weighted by Gasteiger charge is 2.00. The van der Waals surface area contributed by atoms with Gasteiger partial charge in [-0.3, -0.25) is 4.79 Å². The summed E-state index contributed by atoms with van der Waals surface area (Å²) < 4.78 is 0. The molecule has 0 atom stereocenters. The highest BCUT2D eigenvalue weighted by atomic mass is 16.1. The van der Waals surface area contributed by atoms with Crippen molar-refractivity contribution in [2.24, 2.45) is 5.92 Å². The van der Waals surface area contributed by atoms with Crippen LogP contribution in [0.25, 0.3) is 0 Å². The SMILES string of the molecule is CC(C)CCNC(=O)CNCCCN(C)C. The first-order valence-corrected chi connectivity index (χ1v) is 6.14. The molecule has 0 aromatic heterocycles. The van der Waals surface area contributed by atoms with Crippen molar-refractivity contribution >= 4 is 5.91 Å². The number of carbonyl (C=O) groups excluding carboxylic acids is 1. The van der Waals surface area contributed by atoms with E-state index in [1.165, 1.54) is 0 Å². The average Bonchev–Trinajstić information content (AvgIpc) is 2.16. The van der Waals surface area contributed by atoms with Crippen molar-refractivity contribution in [2.45, 2.75) is 26.7 Å². The lowest BCUT2D eigenvalue weighted by atomic mass is 10.1. The molecule has 0 rings (SSSR count). The third-order valence-corrected chi connectivity index (χ3v) is 2.29. The fourth-order valence-corrected chi connectivity index (χ4v) is 1.28. The molecule has 16 heavy (non-hydrogen) atoms. The summed E-state index contributed by atoms with van der Waals surface area (Å²) in [4.78, 5) is 13.5. The predicted octanol–water partition coefficient (Wildman–Crippen LogP) is 0.690. The van der Waals surface area contributed by atoms with Gasteiger partial charge < -0.3 is 15.5 Å². The van der Waals surface area contributed by atoms with Crippen molar-refractivity contribution in [1.82, 2.24) is 15.5 Å². The Labute approximate surface area is 99.8 Å². The van der Waals surface area contributed by atoms with Gasteiger partial charge in [-0.15, -0.1) is 0 Å². The summed E-state index contributed by atoms with van der Waals surface area (Å²) in [6, 6.07) is 0. The van der Waals surface area contributed by atoms with Gasteiger partial charge in [0.1, 0.15) is 0 Å². The molecule has 0 bridgehead atoms. The third kappa shape index (κ3) is 11.5. The molecule has 1 amide bonds. The van der Waals surface area contributed by atoms with Crippen molar-refractivity contribution in [3.8, 4) is 0 Å². The van der Waals surface area contributed by atoms with Gasteiger partial charge in [0.05, 0.1) is 6.54 Å². The maximum Gasteiger partial charge on any atom is 0.233 e. The second-order valence-electron chi connectivity index (χ2n) is 4.87. The Balaban J connectivity index is 3.24. The lowest BCUT2D eigenvalue weighted by Crippen LogP contribution is -2.35. The molecule has 0 aromatic rings. The molecular weight excluding hydrogens is 202 g/mol. The highest BCUT2D eigenvalue weighted by Crippen LogP contribution is 1.95. The van der Waals surface area contributed by atoms with E-state index in [0.29, 0.717) is 12.5 Å². The van der Waals surface area contributed by atoms with Crippen LogP contribution in [-0.4, -0.2) is 51.1 Å². The minimum Gasteiger partial charge on any atom is -0.355 e. The molecule has 0 aliphatic carbocycles. The van der Waals surface area contributed by atoms with Gasteiger partial charge in [-0.1, -0.05) is 13.8 Å². The van der Waals surface area contributed by atoms with E-state index in [9.17, 15) is 4.79 Å². The standard InChI is InChI=1S/C12H27N3O/c1-11(2)6-8-14-12(16)10-13-7-5-9-15(3)4/h11,13H,5-10H2,1-4H3,(H,14,16). The summed E-state index contributed by atoms with van der Waals surface area (Å²) in [5.41, 5.74) is 0. The van der Waals surface area contributed by atoms with Crippen molar-refractivity contribution < 1.29 is 4.79 Å². The zero-order valence-corrected chi connectivity index (χ0v) is 11.2. The normalized spacial score (nSPS) is 11.1. The van der Waals surface area contributed by atoms with Crippen LogP contribution in [0.2, 0.25) is 0 Å². The van der Waals surface area contributed by atoms with E-state index in [0.717, 1.165) is 32.5 Å². The van der Waals surface area contributed by atoms with Crippen LogP contribution in [0.15, 0.2) is 0 Å². The van der Waals surface area contributed by atoms with Crippen molar-refractivity contribution in [3.63, 3.8) is 0 Å². The number of rotatable bonds is 9. The van der Waals surface area contributed by atoms with Crippen molar-refractivity contribution in [2.75, 3.05) is 40.3 Å². The molecule has 0 aliphatic heterocycles. The van der Waals surface area contributed by atoms with E-state index in [2.05, 4.69) is 43.5 Å². The molecular formula is C12H27N3O. The molecule has 0 saturated heterocycles. The Morgan fingerprint density at radius 2 is 1.94 bits per heavy atom.